The van der Waals surface area contributed by atoms with Gasteiger partial charge in [0.05, 0.1) is 16.4 Å². The second-order valence-electron chi connectivity index (χ2n) is 3.63. The molecule has 1 rings (SSSR count). The van der Waals surface area contributed by atoms with E-state index in [1.54, 1.807) is 0 Å². The number of halogens is 1. The molecule has 0 aliphatic carbocycles. The lowest BCUT2D eigenvalue weighted by atomic mass is 10.3. The average molecular weight is 242 g/mol. The van der Waals surface area contributed by atoms with Crippen molar-refractivity contribution in [2.45, 2.75) is 39.8 Å². The monoisotopic (exact) mass is 241 g/mol. The third kappa shape index (κ3) is 3.09. The first-order valence-electron chi connectivity index (χ1n) is 5.80. The van der Waals surface area contributed by atoms with Gasteiger partial charge in [0.25, 0.3) is 0 Å². The summed E-state index contributed by atoms with van der Waals surface area (Å²) in [4.78, 5) is 0. The van der Waals surface area contributed by atoms with E-state index in [4.69, 9.17) is 11.6 Å². The maximum absolute atomic E-state index is 6.28. The van der Waals surface area contributed by atoms with E-state index < -0.39 is 0 Å². The van der Waals surface area contributed by atoms with Crippen molar-refractivity contribution in [3.05, 3.63) is 29.1 Å². The Labute approximate surface area is 102 Å². The average Bonchev–Trinajstić information content (AvgIpc) is 2.61. The molecule has 1 aromatic rings. The summed E-state index contributed by atoms with van der Waals surface area (Å²) in [5, 5.41) is 8.62. The highest BCUT2D eigenvalue weighted by molar-refractivity contribution is 6.31. The summed E-state index contributed by atoms with van der Waals surface area (Å²) in [6, 6.07) is 0. The highest BCUT2D eigenvalue weighted by atomic mass is 35.5. The molecule has 0 aromatic carbocycles. The number of nitrogens with one attached hydrogen (secondary N) is 1. The van der Waals surface area contributed by atoms with E-state index in [1.807, 2.05) is 10.8 Å². The van der Waals surface area contributed by atoms with E-state index in [0.29, 0.717) is 0 Å². The number of hydrogen-bond acceptors (Lipinski definition) is 2. The Kier molecular flexibility index (Phi) is 5.56. The number of aromatic nitrogens is 2. The van der Waals surface area contributed by atoms with Crippen molar-refractivity contribution in [3.8, 4) is 0 Å². The van der Waals surface area contributed by atoms with E-state index in [0.717, 1.165) is 48.9 Å². The van der Waals surface area contributed by atoms with Gasteiger partial charge in [-0.3, -0.25) is 4.68 Å². The van der Waals surface area contributed by atoms with Crippen LogP contribution in [0.5, 0.6) is 0 Å². The maximum Gasteiger partial charge on any atom is 0.0863 e. The molecule has 0 saturated heterocycles. The van der Waals surface area contributed by atoms with Gasteiger partial charge in [-0.25, -0.2) is 0 Å². The Balaban J connectivity index is 2.69. The second kappa shape index (κ2) is 6.71. The van der Waals surface area contributed by atoms with Gasteiger partial charge in [-0.15, -0.1) is 6.58 Å². The van der Waals surface area contributed by atoms with Crippen LogP contribution in [0.1, 0.15) is 31.7 Å². The van der Waals surface area contributed by atoms with E-state index in [-0.39, 0.29) is 0 Å². The lowest BCUT2D eigenvalue weighted by Gasteiger charge is -2.06. The SMILES string of the molecule is C=CCCNCc1c(Cl)c(CC)nn1CC. The Hall–Kier alpha value is -0.800. The molecule has 0 spiro atoms. The summed E-state index contributed by atoms with van der Waals surface area (Å²) in [7, 11) is 0. The standard InChI is InChI=1S/C12H20ClN3/c1-4-7-8-14-9-11-12(13)10(5-2)15-16(11)6-3/h4,14H,1,5-9H2,2-3H3. The molecule has 4 heteroatoms. The van der Waals surface area contributed by atoms with Gasteiger partial charge in [0, 0.05) is 13.1 Å². The van der Waals surface area contributed by atoms with Crippen LogP contribution in [0.4, 0.5) is 0 Å². The van der Waals surface area contributed by atoms with Crippen molar-refractivity contribution in [1.29, 1.82) is 0 Å². The molecule has 1 aromatic heterocycles. The Morgan fingerprint density at radius 3 is 2.81 bits per heavy atom. The van der Waals surface area contributed by atoms with Crippen molar-refractivity contribution in [2.24, 2.45) is 0 Å². The van der Waals surface area contributed by atoms with Crippen LogP contribution in [0.2, 0.25) is 5.02 Å². The predicted octanol–water partition coefficient (Wildman–Crippen LogP) is 2.78. The zero-order chi connectivity index (χ0) is 12.0. The zero-order valence-corrected chi connectivity index (χ0v) is 10.8. The molecule has 3 nitrogen and oxygen atoms in total. The van der Waals surface area contributed by atoms with Gasteiger partial charge < -0.3 is 5.32 Å². The van der Waals surface area contributed by atoms with Gasteiger partial charge in [0.2, 0.25) is 0 Å². The van der Waals surface area contributed by atoms with Crippen molar-refractivity contribution >= 4 is 11.6 Å². The zero-order valence-electron chi connectivity index (χ0n) is 10.1. The van der Waals surface area contributed by atoms with Crippen LogP contribution in [0, 0.1) is 0 Å². The van der Waals surface area contributed by atoms with Crippen molar-refractivity contribution < 1.29 is 0 Å². The van der Waals surface area contributed by atoms with E-state index >= 15 is 0 Å². The van der Waals surface area contributed by atoms with Crippen LogP contribution >= 0.6 is 11.6 Å². The van der Waals surface area contributed by atoms with Gasteiger partial charge in [-0.1, -0.05) is 24.6 Å². The molecule has 16 heavy (non-hydrogen) atoms. The third-order valence-electron chi connectivity index (χ3n) is 2.51. The fourth-order valence-electron chi connectivity index (χ4n) is 1.60. The molecule has 0 saturated carbocycles. The first-order valence-corrected chi connectivity index (χ1v) is 6.18. The Morgan fingerprint density at radius 1 is 1.50 bits per heavy atom. The highest BCUT2D eigenvalue weighted by Crippen LogP contribution is 2.21. The first kappa shape index (κ1) is 13.3. The van der Waals surface area contributed by atoms with Crippen LogP contribution in [-0.4, -0.2) is 16.3 Å². The summed E-state index contributed by atoms with van der Waals surface area (Å²) < 4.78 is 1.97. The topological polar surface area (TPSA) is 29.9 Å². The van der Waals surface area contributed by atoms with E-state index in [1.165, 1.54) is 0 Å². The molecule has 0 unspecified atom stereocenters. The van der Waals surface area contributed by atoms with Gasteiger partial charge in [-0.05, 0) is 26.3 Å². The van der Waals surface area contributed by atoms with Crippen molar-refractivity contribution in [3.63, 3.8) is 0 Å². The van der Waals surface area contributed by atoms with E-state index in [9.17, 15) is 0 Å². The molecule has 0 bridgehead atoms. The van der Waals surface area contributed by atoms with Gasteiger partial charge in [0.15, 0.2) is 0 Å². The molecule has 0 aliphatic heterocycles. The van der Waals surface area contributed by atoms with Gasteiger partial charge >= 0.3 is 0 Å². The molecule has 90 valence electrons. The van der Waals surface area contributed by atoms with Crippen LogP contribution in [0.3, 0.4) is 0 Å². The normalized spacial score (nSPS) is 10.7. The molecule has 0 radical (unpaired) electrons. The number of rotatable bonds is 7. The van der Waals surface area contributed by atoms with Crippen LogP contribution < -0.4 is 5.32 Å². The summed E-state index contributed by atoms with van der Waals surface area (Å²) in [6.45, 7) is 10.4. The highest BCUT2D eigenvalue weighted by Gasteiger charge is 2.13. The van der Waals surface area contributed by atoms with Crippen molar-refractivity contribution in [2.75, 3.05) is 6.54 Å². The quantitative estimate of drug-likeness (QED) is 0.588. The maximum atomic E-state index is 6.28. The third-order valence-corrected chi connectivity index (χ3v) is 2.95. The first-order chi connectivity index (χ1) is 7.74. The minimum absolute atomic E-state index is 0.771. The number of hydrogen-bond donors (Lipinski definition) is 1. The molecule has 0 amide bonds. The van der Waals surface area contributed by atoms with Crippen LogP contribution in [0.25, 0.3) is 0 Å². The molecular weight excluding hydrogens is 222 g/mol. The molecule has 1 heterocycles. The smallest absolute Gasteiger partial charge is 0.0863 e. The summed E-state index contributed by atoms with van der Waals surface area (Å²) in [6.07, 6.45) is 3.76. The molecular formula is C12H20ClN3. The lowest BCUT2D eigenvalue weighted by molar-refractivity contribution is 0.580. The van der Waals surface area contributed by atoms with Crippen molar-refractivity contribution in [1.82, 2.24) is 15.1 Å². The van der Waals surface area contributed by atoms with Crippen LogP contribution in [0.15, 0.2) is 12.7 Å². The fraction of sp³-hybridized carbons (Fsp3) is 0.583. The summed E-state index contributed by atoms with van der Waals surface area (Å²) >= 11 is 6.28. The van der Waals surface area contributed by atoms with Gasteiger partial charge in [-0.2, -0.15) is 5.10 Å². The number of nitrogens with zero attached hydrogens (tertiary/aromatic N) is 2. The van der Waals surface area contributed by atoms with Crippen LogP contribution in [-0.2, 0) is 19.5 Å². The largest absolute Gasteiger partial charge is 0.311 e. The fourth-order valence-corrected chi connectivity index (χ4v) is 1.93. The Morgan fingerprint density at radius 2 is 2.25 bits per heavy atom. The second-order valence-corrected chi connectivity index (χ2v) is 4.01. The molecule has 0 aliphatic rings. The molecule has 0 atom stereocenters. The van der Waals surface area contributed by atoms with Gasteiger partial charge in [0.1, 0.15) is 0 Å². The number of aryl methyl sites for hydroxylation is 2. The summed E-state index contributed by atoms with van der Waals surface area (Å²) in [5.74, 6) is 0. The minimum Gasteiger partial charge on any atom is -0.311 e. The molecule has 1 N–H and O–H groups in total. The minimum atomic E-state index is 0.771. The summed E-state index contributed by atoms with van der Waals surface area (Å²) in [5.41, 5.74) is 2.08. The Bertz CT molecular complexity index is 344. The van der Waals surface area contributed by atoms with E-state index in [2.05, 4.69) is 30.8 Å². The lowest BCUT2D eigenvalue weighted by Crippen LogP contribution is -2.17. The predicted molar refractivity (Wildman–Crippen MR) is 68.8 cm³/mol. The molecule has 0 fully saturated rings.